The summed E-state index contributed by atoms with van der Waals surface area (Å²) in [5, 5.41) is 12.4. The van der Waals surface area contributed by atoms with Crippen LogP contribution in [-0.2, 0) is 11.2 Å². The van der Waals surface area contributed by atoms with Gasteiger partial charge in [-0.1, -0.05) is 0 Å². The fourth-order valence-electron chi connectivity index (χ4n) is 1.55. The molecule has 0 aromatic carbocycles. The highest BCUT2D eigenvalue weighted by Crippen LogP contribution is 1.95. The van der Waals surface area contributed by atoms with Crippen LogP contribution in [0.3, 0.4) is 0 Å². The molecule has 1 rings (SSSR count). The molecule has 8 nitrogen and oxygen atoms in total. The smallest absolute Gasteiger partial charge is 0.236 e. The van der Waals surface area contributed by atoms with Gasteiger partial charge in [0.1, 0.15) is 0 Å². The number of imidazole rings is 1. The quantitative estimate of drug-likeness (QED) is 0.196. The average molecular weight is 267 g/mol. The van der Waals surface area contributed by atoms with E-state index in [0.717, 1.165) is 5.69 Å². The summed E-state index contributed by atoms with van der Waals surface area (Å²) in [4.78, 5) is 18.6. The molecule has 0 bridgehead atoms. The first-order chi connectivity index (χ1) is 9.09. The molecule has 1 amide bonds. The number of amides is 1. The van der Waals surface area contributed by atoms with Crippen molar-refractivity contribution in [1.29, 1.82) is 5.41 Å². The van der Waals surface area contributed by atoms with Crippen molar-refractivity contribution in [2.45, 2.75) is 25.3 Å². The van der Waals surface area contributed by atoms with E-state index in [1.165, 1.54) is 0 Å². The lowest BCUT2D eigenvalue weighted by atomic mass is 10.1. The maximum Gasteiger partial charge on any atom is 0.236 e. The molecule has 0 saturated carbocycles. The van der Waals surface area contributed by atoms with Crippen molar-refractivity contribution in [3.63, 3.8) is 0 Å². The van der Waals surface area contributed by atoms with E-state index in [1.807, 2.05) is 0 Å². The van der Waals surface area contributed by atoms with Crippen molar-refractivity contribution in [3.05, 3.63) is 18.2 Å². The summed E-state index contributed by atoms with van der Waals surface area (Å²) in [5.74, 6) is -0.240. The largest absolute Gasteiger partial charge is 0.370 e. The normalized spacial score (nSPS) is 11.8. The first-order valence-electron chi connectivity index (χ1n) is 6.18. The fraction of sp³-hybridized carbons (Fsp3) is 0.545. The number of aromatic nitrogens is 2. The molecule has 0 aliphatic rings. The first-order valence-corrected chi connectivity index (χ1v) is 6.18. The Morgan fingerprint density at radius 3 is 2.89 bits per heavy atom. The van der Waals surface area contributed by atoms with Gasteiger partial charge in [-0.25, -0.2) is 4.98 Å². The molecule has 0 spiro atoms. The Morgan fingerprint density at radius 2 is 2.26 bits per heavy atom. The minimum atomic E-state index is -0.534. The molecule has 0 fully saturated rings. The Hall–Kier alpha value is -2.09. The summed E-state index contributed by atoms with van der Waals surface area (Å²) in [7, 11) is 0. The van der Waals surface area contributed by atoms with Gasteiger partial charge in [0.05, 0.1) is 18.1 Å². The standard InChI is InChI=1S/C11H21N7O/c12-9(2-1-4-17-11(13)14)10(19)16-5-3-8-6-15-7-18-8/h6-7,9H,1-5,12H2,(H,15,18)(H,16,19)(H4,13,14,17). The number of guanidine groups is 1. The van der Waals surface area contributed by atoms with E-state index in [2.05, 4.69) is 20.6 Å². The third kappa shape index (κ3) is 6.41. The highest BCUT2D eigenvalue weighted by atomic mass is 16.2. The predicted octanol–water partition coefficient (Wildman–Crippen LogP) is -1.34. The molecule has 0 radical (unpaired) electrons. The minimum Gasteiger partial charge on any atom is -0.370 e. The van der Waals surface area contributed by atoms with E-state index in [9.17, 15) is 4.79 Å². The van der Waals surface area contributed by atoms with Crippen LogP contribution in [0, 0.1) is 5.41 Å². The molecule has 8 heteroatoms. The molecule has 1 atom stereocenters. The van der Waals surface area contributed by atoms with Crippen molar-refractivity contribution >= 4 is 11.9 Å². The Kier molecular flexibility index (Phi) is 6.37. The molecule has 1 heterocycles. The fourth-order valence-corrected chi connectivity index (χ4v) is 1.55. The van der Waals surface area contributed by atoms with E-state index in [1.54, 1.807) is 12.5 Å². The highest BCUT2D eigenvalue weighted by molar-refractivity contribution is 5.81. The van der Waals surface area contributed by atoms with Crippen molar-refractivity contribution in [2.75, 3.05) is 13.1 Å². The third-order valence-corrected chi connectivity index (χ3v) is 2.58. The second kappa shape index (κ2) is 8.09. The Balaban J connectivity index is 2.09. The van der Waals surface area contributed by atoms with Crippen molar-refractivity contribution in [3.8, 4) is 0 Å². The zero-order valence-corrected chi connectivity index (χ0v) is 10.8. The molecular formula is C11H21N7O. The summed E-state index contributed by atoms with van der Waals surface area (Å²) < 4.78 is 0. The first kappa shape index (κ1) is 15.0. The van der Waals surface area contributed by atoms with Crippen LogP contribution in [0.1, 0.15) is 18.5 Å². The molecule has 0 aliphatic carbocycles. The molecule has 0 saturated heterocycles. The summed E-state index contributed by atoms with van der Waals surface area (Å²) in [6, 6.07) is -0.534. The summed E-state index contributed by atoms with van der Waals surface area (Å²) in [6.45, 7) is 1.06. The molecule has 1 unspecified atom stereocenters. The lowest BCUT2D eigenvalue weighted by molar-refractivity contribution is -0.122. The number of nitrogens with one attached hydrogen (secondary N) is 4. The van der Waals surface area contributed by atoms with Crippen molar-refractivity contribution in [2.24, 2.45) is 11.5 Å². The maximum absolute atomic E-state index is 11.6. The van der Waals surface area contributed by atoms with Gasteiger partial charge in [-0.15, -0.1) is 0 Å². The molecule has 19 heavy (non-hydrogen) atoms. The second-order valence-corrected chi connectivity index (χ2v) is 4.19. The molecular weight excluding hydrogens is 246 g/mol. The van der Waals surface area contributed by atoms with E-state index in [4.69, 9.17) is 16.9 Å². The number of aromatic amines is 1. The van der Waals surface area contributed by atoms with Gasteiger partial charge in [0.2, 0.25) is 5.91 Å². The zero-order valence-electron chi connectivity index (χ0n) is 10.8. The Morgan fingerprint density at radius 1 is 1.47 bits per heavy atom. The number of H-pyrrole nitrogens is 1. The molecule has 0 aliphatic heterocycles. The third-order valence-electron chi connectivity index (χ3n) is 2.58. The maximum atomic E-state index is 11.6. The molecule has 1 aromatic rings. The average Bonchev–Trinajstić information content (AvgIpc) is 2.87. The number of hydrogen-bond acceptors (Lipinski definition) is 4. The monoisotopic (exact) mass is 267 g/mol. The molecule has 106 valence electrons. The van der Waals surface area contributed by atoms with Gasteiger partial charge in [-0.05, 0) is 12.8 Å². The van der Waals surface area contributed by atoms with E-state index in [-0.39, 0.29) is 11.9 Å². The van der Waals surface area contributed by atoms with Gasteiger partial charge in [-0.2, -0.15) is 0 Å². The summed E-state index contributed by atoms with van der Waals surface area (Å²) in [6.07, 6.45) is 5.31. The zero-order chi connectivity index (χ0) is 14.1. The van der Waals surface area contributed by atoms with E-state index in [0.29, 0.717) is 32.4 Å². The van der Waals surface area contributed by atoms with Crippen LogP contribution in [0.5, 0.6) is 0 Å². The van der Waals surface area contributed by atoms with Crippen LogP contribution in [0.4, 0.5) is 0 Å². The van der Waals surface area contributed by atoms with Crippen molar-refractivity contribution in [1.82, 2.24) is 20.6 Å². The van der Waals surface area contributed by atoms with Crippen molar-refractivity contribution < 1.29 is 4.79 Å². The SMILES string of the molecule is N=C(N)NCCCC(N)C(=O)NCCc1c[nH]cn1. The van der Waals surface area contributed by atoms with Gasteiger partial charge in [0, 0.05) is 25.7 Å². The van der Waals surface area contributed by atoms with E-state index < -0.39 is 6.04 Å². The predicted molar refractivity (Wildman–Crippen MR) is 72.4 cm³/mol. The lowest BCUT2D eigenvalue weighted by Crippen LogP contribution is -2.42. The number of carbonyl (C=O) groups is 1. The van der Waals surface area contributed by atoms with Gasteiger partial charge >= 0.3 is 0 Å². The van der Waals surface area contributed by atoms with Crippen LogP contribution >= 0.6 is 0 Å². The topological polar surface area (TPSA) is 146 Å². The van der Waals surface area contributed by atoms with Crippen LogP contribution in [0.25, 0.3) is 0 Å². The summed E-state index contributed by atoms with van der Waals surface area (Å²) in [5.41, 5.74) is 11.8. The molecule has 1 aromatic heterocycles. The van der Waals surface area contributed by atoms with Crippen LogP contribution in [0.2, 0.25) is 0 Å². The van der Waals surface area contributed by atoms with Crippen LogP contribution in [-0.4, -0.2) is 41.0 Å². The van der Waals surface area contributed by atoms with Gasteiger partial charge in [-0.3, -0.25) is 10.2 Å². The van der Waals surface area contributed by atoms with Crippen LogP contribution < -0.4 is 22.1 Å². The number of nitrogens with zero attached hydrogens (tertiary/aromatic N) is 1. The van der Waals surface area contributed by atoms with Gasteiger partial charge < -0.3 is 27.1 Å². The number of carbonyl (C=O) groups excluding carboxylic acids is 1. The summed E-state index contributed by atoms with van der Waals surface area (Å²) >= 11 is 0. The lowest BCUT2D eigenvalue weighted by Gasteiger charge is -2.12. The van der Waals surface area contributed by atoms with Gasteiger partial charge in [0.15, 0.2) is 5.96 Å². The highest BCUT2D eigenvalue weighted by Gasteiger charge is 2.12. The Bertz CT molecular complexity index is 390. The minimum absolute atomic E-state index is 0.0722. The second-order valence-electron chi connectivity index (χ2n) is 4.19. The molecule has 8 N–H and O–H groups in total. The van der Waals surface area contributed by atoms with E-state index >= 15 is 0 Å². The number of hydrogen-bond donors (Lipinski definition) is 6. The van der Waals surface area contributed by atoms with Gasteiger partial charge in [0.25, 0.3) is 0 Å². The number of rotatable bonds is 8. The Labute approximate surface area is 111 Å². The number of nitrogens with two attached hydrogens (primary N) is 2. The van der Waals surface area contributed by atoms with Crippen LogP contribution in [0.15, 0.2) is 12.5 Å².